The highest BCUT2D eigenvalue weighted by atomic mass is 19.2. The number of nitro groups is 1. The van der Waals surface area contributed by atoms with Crippen LogP contribution in [-0.4, -0.2) is 29.6 Å². The van der Waals surface area contributed by atoms with E-state index in [1.54, 1.807) is 0 Å². The zero-order chi connectivity index (χ0) is 13.2. The normalized spacial score (nSPS) is 10.1. The lowest BCUT2D eigenvalue weighted by atomic mass is 10.2. The minimum atomic E-state index is -1.44. The average Bonchev–Trinajstić information content (AvgIpc) is 2.20. The predicted molar refractivity (Wildman–Crippen MR) is 53.9 cm³/mol. The van der Waals surface area contributed by atoms with Gasteiger partial charge in [-0.2, -0.15) is 0 Å². The first kappa shape index (κ1) is 12.8. The molecule has 92 valence electrons. The highest BCUT2D eigenvalue weighted by molar-refractivity contribution is 5.76. The van der Waals surface area contributed by atoms with Crippen LogP contribution in [0.5, 0.6) is 0 Å². The van der Waals surface area contributed by atoms with Crippen molar-refractivity contribution in [2.45, 2.75) is 0 Å². The Morgan fingerprint density at radius 1 is 1.53 bits per heavy atom. The topological polar surface area (TPSA) is 83.7 Å². The van der Waals surface area contributed by atoms with Crippen LogP contribution in [0.25, 0.3) is 0 Å². The molecule has 17 heavy (non-hydrogen) atoms. The van der Waals surface area contributed by atoms with Crippen molar-refractivity contribution in [2.75, 3.05) is 18.5 Å². The van der Waals surface area contributed by atoms with Crippen molar-refractivity contribution < 1.29 is 23.6 Å². The first-order chi connectivity index (χ1) is 7.84. The Balaban J connectivity index is 3.32. The van der Waals surface area contributed by atoms with Gasteiger partial charge < -0.3 is 10.0 Å². The zero-order valence-corrected chi connectivity index (χ0v) is 8.68. The Morgan fingerprint density at radius 2 is 2.12 bits per heavy atom. The van der Waals surface area contributed by atoms with E-state index in [0.717, 1.165) is 18.0 Å². The summed E-state index contributed by atoms with van der Waals surface area (Å²) >= 11 is 0. The number of benzene rings is 1. The second-order valence-electron chi connectivity index (χ2n) is 3.24. The lowest BCUT2D eigenvalue weighted by Gasteiger charge is -2.17. The van der Waals surface area contributed by atoms with Crippen molar-refractivity contribution in [1.82, 2.24) is 0 Å². The third-order valence-corrected chi connectivity index (χ3v) is 2.00. The lowest BCUT2D eigenvalue weighted by Crippen LogP contribution is -2.27. The van der Waals surface area contributed by atoms with Crippen LogP contribution < -0.4 is 4.90 Å². The van der Waals surface area contributed by atoms with Gasteiger partial charge in [-0.1, -0.05) is 0 Å². The van der Waals surface area contributed by atoms with Gasteiger partial charge in [0.15, 0.2) is 17.3 Å². The Bertz CT molecular complexity index is 478. The maximum Gasteiger partial charge on any atom is 0.323 e. The highest BCUT2D eigenvalue weighted by Crippen LogP contribution is 2.31. The van der Waals surface area contributed by atoms with E-state index in [2.05, 4.69) is 0 Å². The molecular formula is C9H8F2N2O4. The number of halogens is 2. The lowest BCUT2D eigenvalue weighted by molar-refractivity contribution is -0.384. The van der Waals surface area contributed by atoms with Gasteiger partial charge in [0.1, 0.15) is 6.54 Å². The van der Waals surface area contributed by atoms with Crippen molar-refractivity contribution in [3.8, 4) is 0 Å². The fraction of sp³-hybridized carbons (Fsp3) is 0.222. The number of aliphatic carboxylic acids is 1. The Hall–Kier alpha value is -2.25. The van der Waals surface area contributed by atoms with Gasteiger partial charge in [-0.3, -0.25) is 14.9 Å². The molecule has 1 aromatic carbocycles. The van der Waals surface area contributed by atoms with E-state index in [0.29, 0.717) is 6.07 Å². The van der Waals surface area contributed by atoms with Crippen molar-refractivity contribution in [1.29, 1.82) is 0 Å². The molecule has 1 aromatic rings. The van der Waals surface area contributed by atoms with Gasteiger partial charge in [0.05, 0.1) is 4.92 Å². The third-order valence-electron chi connectivity index (χ3n) is 2.00. The van der Waals surface area contributed by atoms with Gasteiger partial charge in [0.25, 0.3) is 5.69 Å². The van der Waals surface area contributed by atoms with Gasteiger partial charge in [0, 0.05) is 13.1 Å². The van der Waals surface area contributed by atoms with Crippen LogP contribution in [-0.2, 0) is 4.79 Å². The summed E-state index contributed by atoms with van der Waals surface area (Å²) in [6, 6.07) is 1.40. The maximum absolute atomic E-state index is 13.4. The first-order valence-corrected chi connectivity index (χ1v) is 4.40. The molecule has 0 aliphatic carbocycles. The molecule has 0 fully saturated rings. The van der Waals surface area contributed by atoms with Crippen LogP contribution in [0.3, 0.4) is 0 Å². The molecule has 0 radical (unpaired) electrons. The zero-order valence-electron chi connectivity index (χ0n) is 8.68. The summed E-state index contributed by atoms with van der Waals surface area (Å²) in [7, 11) is 1.12. The second-order valence-corrected chi connectivity index (χ2v) is 3.24. The van der Waals surface area contributed by atoms with Gasteiger partial charge in [-0.15, -0.1) is 0 Å². The Kier molecular flexibility index (Phi) is 3.56. The Labute approximate surface area is 94.2 Å². The number of rotatable bonds is 4. The standard InChI is InChI=1S/C9H8F2N2O4/c1-12(4-7(14)15)9-6(13(16)17)3-2-5(10)8(9)11/h2-3H,4H2,1H3,(H,14,15). The van der Waals surface area contributed by atoms with Gasteiger partial charge in [-0.25, -0.2) is 8.78 Å². The van der Waals surface area contributed by atoms with E-state index in [9.17, 15) is 23.7 Å². The van der Waals surface area contributed by atoms with Crippen LogP contribution in [0.15, 0.2) is 12.1 Å². The summed E-state index contributed by atoms with van der Waals surface area (Å²) in [6.45, 7) is -0.679. The minimum absolute atomic E-state index is 0.617. The number of nitrogens with zero attached hydrogens (tertiary/aromatic N) is 2. The van der Waals surface area contributed by atoms with Crippen molar-refractivity contribution in [3.63, 3.8) is 0 Å². The molecule has 0 saturated carbocycles. The molecular weight excluding hydrogens is 238 g/mol. The van der Waals surface area contributed by atoms with Crippen molar-refractivity contribution in [2.24, 2.45) is 0 Å². The van der Waals surface area contributed by atoms with E-state index in [1.807, 2.05) is 0 Å². The van der Waals surface area contributed by atoms with E-state index in [4.69, 9.17) is 5.11 Å². The van der Waals surface area contributed by atoms with Gasteiger partial charge in [0.2, 0.25) is 0 Å². The fourth-order valence-electron chi connectivity index (χ4n) is 1.32. The molecule has 0 atom stereocenters. The summed E-state index contributed by atoms with van der Waals surface area (Å²) in [5.41, 5.74) is -1.37. The SMILES string of the molecule is CN(CC(=O)O)c1c([N+](=O)[O-])ccc(F)c1F. The van der Waals surface area contributed by atoms with E-state index in [-0.39, 0.29) is 0 Å². The minimum Gasteiger partial charge on any atom is -0.480 e. The summed E-state index contributed by atoms with van der Waals surface area (Å²) < 4.78 is 26.4. The van der Waals surface area contributed by atoms with Crippen molar-refractivity contribution in [3.05, 3.63) is 33.9 Å². The number of hydrogen-bond donors (Lipinski definition) is 1. The smallest absolute Gasteiger partial charge is 0.323 e. The van der Waals surface area contributed by atoms with E-state index >= 15 is 0 Å². The number of anilines is 1. The number of carboxylic acid groups (broad SMARTS) is 1. The monoisotopic (exact) mass is 246 g/mol. The number of likely N-dealkylation sites (N-methyl/N-ethyl adjacent to an activating group) is 1. The number of carbonyl (C=O) groups is 1. The molecule has 0 aliphatic rings. The predicted octanol–water partition coefficient (Wildman–Crippen LogP) is 1.39. The molecule has 0 amide bonds. The molecule has 0 heterocycles. The number of hydrogen-bond acceptors (Lipinski definition) is 4. The van der Waals surface area contributed by atoms with E-state index in [1.165, 1.54) is 0 Å². The molecule has 0 spiro atoms. The van der Waals surface area contributed by atoms with Gasteiger partial charge in [-0.05, 0) is 6.07 Å². The summed E-state index contributed by atoms with van der Waals surface area (Å²) in [5, 5.41) is 19.1. The molecule has 1 N–H and O–H groups in total. The molecule has 0 aliphatic heterocycles. The number of nitro benzene ring substituents is 1. The Morgan fingerprint density at radius 3 is 2.59 bits per heavy atom. The van der Waals surface area contributed by atoms with Gasteiger partial charge >= 0.3 is 5.97 Å². The molecule has 0 saturated heterocycles. The third kappa shape index (κ3) is 2.65. The molecule has 6 nitrogen and oxygen atoms in total. The average molecular weight is 246 g/mol. The van der Waals surface area contributed by atoms with Crippen LogP contribution >= 0.6 is 0 Å². The molecule has 0 bridgehead atoms. The number of carboxylic acids is 1. The van der Waals surface area contributed by atoms with E-state index < -0.39 is 40.4 Å². The largest absolute Gasteiger partial charge is 0.480 e. The maximum atomic E-state index is 13.4. The molecule has 1 rings (SSSR count). The van der Waals surface area contributed by atoms with Crippen LogP contribution in [0.1, 0.15) is 0 Å². The summed E-state index contributed by atoms with van der Waals surface area (Å²) in [5.74, 6) is -4.03. The van der Waals surface area contributed by atoms with Crippen molar-refractivity contribution >= 4 is 17.3 Å². The van der Waals surface area contributed by atoms with Crippen LogP contribution in [0.4, 0.5) is 20.2 Å². The second kappa shape index (κ2) is 4.73. The quantitative estimate of drug-likeness (QED) is 0.641. The van der Waals surface area contributed by atoms with Crippen LogP contribution in [0, 0.1) is 21.7 Å². The fourth-order valence-corrected chi connectivity index (χ4v) is 1.32. The summed E-state index contributed by atoms with van der Waals surface area (Å²) in [4.78, 5) is 20.9. The van der Waals surface area contributed by atoms with Crippen LogP contribution in [0.2, 0.25) is 0 Å². The molecule has 8 heteroatoms. The first-order valence-electron chi connectivity index (χ1n) is 4.40. The molecule has 0 aromatic heterocycles. The molecule has 0 unspecified atom stereocenters. The highest BCUT2D eigenvalue weighted by Gasteiger charge is 2.25. The summed E-state index contributed by atoms with van der Waals surface area (Å²) in [6.07, 6.45) is 0.